The molecule has 0 saturated heterocycles. The molecule has 0 fully saturated rings. The summed E-state index contributed by atoms with van der Waals surface area (Å²) >= 11 is 6.89. The van der Waals surface area contributed by atoms with Crippen LogP contribution < -0.4 is 10.1 Å². The third-order valence-corrected chi connectivity index (χ3v) is 4.99. The quantitative estimate of drug-likeness (QED) is 0.467. The Labute approximate surface area is 173 Å². The Morgan fingerprint density at radius 3 is 2.76 bits per heavy atom. The minimum atomic E-state index is -4.59. The molecule has 0 radical (unpaired) electrons. The average molecular weight is 436 g/mol. The SMILES string of the molecule is COc1cccc(-c2csc(/C(C#N)=C/Nc3ccc(Cl)cc3C(F)(F)F)n2)c1. The Morgan fingerprint density at radius 2 is 2.07 bits per heavy atom. The molecular formula is C20H13ClF3N3OS. The monoisotopic (exact) mass is 435 g/mol. The van der Waals surface area contributed by atoms with Crippen molar-refractivity contribution in [2.75, 3.05) is 12.4 Å². The number of methoxy groups -OCH3 is 1. The number of halogens is 4. The molecule has 0 saturated carbocycles. The fourth-order valence-electron chi connectivity index (χ4n) is 2.48. The molecule has 4 nitrogen and oxygen atoms in total. The second kappa shape index (κ2) is 8.55. The van der Waals surface area contributed by atoms with E-state index in [0.29, 0.717) is 16.5 Å². The van der Waals surface area contributed by atoms with Gasteiger partial charge in [-0.05, 0) is 30.3 Å². The second-order valence-corrected chi connectivity index (χ2v) is 7.07. The Hall–Kier alpha value is -3.02. The van der Waals surface area contributed by atoms with Gasteiger partial charge in [0.15, 0.2) is 0 Å². The summed E-state index contributed by atoms with van der Waals surface area (Å²) in [5.74, 6) is 0.664. The number of nitrogens with zero attached hydrogens (tertiary/aromatic N) is 2. The van der Waals surface area contributed by atoms with E-state index in [1.165, 1.54) is 29.7 Å². The van der Waals surface area contributed by atoms with E-state index in [-0.39, 0.29) is 16.3 Å². The van der Waals surface area contributed by atoms with Crippen molar-refractivity contribution in [2.24, 2.45) is 0 Å². The summed E-state index contributed by atoms with van der Waals surface area (Å²) in [4.78, 5) is 4.41. The van der Waals surface area contributed by atoms with Gasteiger partial charge in [-0.2, -0.15) is 18.4 Å². The first-order valence-electron chi connectivity index (χ1n) is 8.15. The first-order valence-corrected chi connectivity index (χ1v) is 9.41. The van der Waals surface area contributed by atoms with Crippen LogP contribution in [0.15, 0.2) is 54.0 Å². The third kappa shape index (κ3) is 4.88. The molecule has 1 heterocycles. The van der Waals surface area contributed by atoms with Crippen LogP contribution in [-0.4, -0.2) is 12.1 Å². The van der Waals surface area contributed by atoms with Crippen LogP contribution in [0.2, 0.25) is 5.02 Å². The molecular weight excluding hydrogens is 423 g/mol. The lowest BCUT2D eigenvalue weighted by molar-refractivity contribution is -0.136. The summed E-state index contributed by atoms with van der Waals surface area (Å²) < 4.78 is 44.8. The van der Waals surface area contributed by atoms with Gasteiger partial charge in [0.25, 0.3) is 0 Å². The average Bonchev–Trinajstić information content (AvgIpc) is 3.19. The van der Waals surface area contributed by atoms with E-state index in [2.05, 4.69) is 10.3 Å². The number of anilines is 1. The number of alkyl halides is 3. The number of hydrogen-bond donors (Lipinski definition) is 1. The van der Waals surface area contributed by atoms with Crippen molar-refractivity contribution < 1.29 is 17.9 Å². The van der Waals surface area contributed by atoms with E-state index in [9.17, 15) is 18.4 Å². The van der Waals surface area contributed by atoms with Crippen LogP contribution in [0.1, 0.15) is 10.6 Å². The molecule has 2 aromatic carbocycles. The largest absolute Gasteiger partial charge is 0.497 e. The molecule has 0 aliphatic heterocycles. The topological polar surface area (TPSA) is 57.9 Å². The Balaban J connectivity index is 1.89. The van der Waals surface area contributed by atoms with Gasteiger partial charge in [-0.1, -0.05) is 23.7 Å². The summed E-state index contributed by atoms with van der Waals surface area (Å²) in [6, 6.07) is 12.6. The molecule has 148 valence electrons. The number of benzene rings is 2. The second-order valence-electron chi connectivity index (χ2n) is 5.77. The molecule has 9 heteroatoms. The smallest absolute Gasteiger partial charge is 0.418 e. The third-order valence-electron chi connectivity index (χ3n) is 3.88. The first kappa shape index (κ1) is 20.7. The van der Waals surface area contributed by atoms with Crippen LogP contribution in [0.5, 0.6) is 5.75 Å². The zero-order chi connectivity index (χ0) is 21.0. The summed E-state index contributed by atoms with van der Waals surface area (Å²) in [6.45, 7) is 0. The molecule has 29 heavy (non-hydrogen) atoms. The van der Waals surface area contributed by atoms with Gasteiger partial charge in [-0.3, -0.25) is 0 Å². The zero-order valence-corrected chi connectivity index (χ0v) is 16.5. The van der Waals surface area contributed by atoms with Crippen molar-refractivity contribution in [1.29, 1.82) is 5.26 Å². The van der Waals surface area contributed by atoms with Crippen molar-refractivity contribution in [3.05, 3.63) is 69.6 Å². The zero-order valence-electron chi connectivity index (χ0n) is 14.9. The number of hydrogen-bond acceptors (Lipinski definition) is 5. The van der Waals surface area contributed by atoms with E-state index in [0.717, 1.165) is 11.6 Å². The van der Waals surface area contributed by atoms with Crippen molar-refractivity contribution >= 4 is 34.2 Å². The van der Waals surface area contributed by atoms with Crippen LogP contribution in [0.25, 0.3) is 16.8 Å². The number of allylic oxidation sites excluding steroid dienone is 1. The maximum absolute atomic E-state index is 13.2. The van der Waals surface area contributed by atoms with Gasteiger partial charge in [0.1, 0.15) is 22.4 Å². The minimum absolute atomic E-state index is 0.0322. The highest BCUT2D eigenvalue weighted by Gasteiger charge is 2.33. The summed E-state index contributed by atoms with van der Waals surface area (Å²) in [6.07, 6.45) is -3.39. The summed E-state index contributed by atoms with van der Waals surface area (Å²) in [5, 5.41) is 14.1. The van der Waals surface area contributed by atoms with Crippen LogP contribution in [0.3, 0.4) is 0 Å². The number of aromatic nitrogens is 1. The minimum Gasteiger partial charge on any atom is -0.497 e. The lowest BCUT2D eigenvalue weighted by atomic mass is 10.1. The van der Waals surface area contributed by atoms with Gasteiger partial charge in [0, 0.05) is 22.2 Å². The molecule has 1 N–H and O–H groups in total. The Bertz CT molecular complexity index is 1100. The molecule has 3 aromatic rings. The highest BCUT2D eigenvalue weighted by Crippen LogP contribution is 2.37. The van der Waals surface area contributed by atoms with E-state index < -0.39 is 11.7 Å². The number of nitrogens with one attached hydrogen (secondary N) is 1. The van der Waals surface area contributed by atoms with Crippen LogP contribution in [0.4, 0.5) is 18.9 Å². The fourth-order valence-corrected chi connectivity index (χ4v) is 3.45. The van der Waals surface area contributed by atoms with Gasteiger partial charge >= 0.3 is 6.18 Å². The lowest BCUT2D eigenvalue weighted by Crippen LogP contribution is -2.08. The molecule has 0 unspecified atom stereocenters. The molecule has 0 bridgehead atoms. The maximum atomic E-state index is 13.2. The fraction of sp³-hybridized carbons (Fsp3) is 0.100. The van der Waals surface area contributed by atoms with Gasteiger partial charge in [0.05, 0.1) is 24.1 Å². The molecule has 0 spiro atoms. The number of nitriles is 1. The van der Waals surface area contributed by atoms with E-state index >= 15 is 0 Å². The predicted octanol–water partition coefficient (Wildman–Crippen LogP) is 6.47. The maximum Gasteiger partial charge on any atom is 0.418 e. The molecule has 1 aromatic heterocycles. The number of ether oxygens (including phenoxy) is 1. The molecule has 0 aliphatic rings. The van der Waals surface area contributed by atoms with E-state index in [1.807, 2.05) is 18.2 Å². The molecule has 0 aliphatic carbocycles. The molecule has 3 rings (SSSR count). The van der Waals surface area contributed by atoms with Gasteiger partial charge in [0.2, 0.25) is 0 Å². The van der Waals surface area contributed by atoms with Crippen LogP contribution in [-0.2, 0) is 6.18 Å². The standard InChI is InChI=1S/C20H13ClF3N3OS/c1-28-15-4-2-3-12(7-15)18-11-29-19(27-18)13(9-25)10-26-17-6-5-14(21)8-16(17)20(22,23)24/h2-8,10-11,26H,1H3/b13-10+. The van der Waals surface area contributed by atoms with Crippen molar-refractivity contribution in [3.8, 4) is 23.1 Å². The molecule has 0 amide bonds. The van der Waals surface area contributed by atoms with E-state index in [4.69, 9.17) is 16.3 Å². The Kier molecular flexibility index (Phi) is 6.11. The normalized spacial score (nSPS) is 11.8. The summed E-state index contributed by atoms with van der Waals surface area (Å²) in [7, 11) is 1.56. The highest BCUT2D eigenvalue weighted by molar-refractivity contribution is 7.11. The predicted molar refractivity (Wildman–Crippen MR) is 108 cm³/mol. The summed E-state index contributed by atoms with van der Waals surface area (Å²) in [5.41, 5.74) is 0.405. The number of rotatable bonds is 5. The highest BCUT2D eigenvalue weighted by atomic mass is 35.5. The Morgan fingerprint density at radius 1 is 1.28 bits per heavy atom. The van der Waals surface area contributed by atoms with Crippen LogP contribution in [0, 0.1) is 11.3 Å². The molecule has 0 atom stereocenters. The van der Waals surface area contributed by atoms with Crippen molar-refractivity contribution in [2.45, 2.75) is 6.18 Å². The van der Waals surface area contributed by atoms with Crippen molar-refractivity contribution in [3.63, 3.8) is 0 Å². The van der Waals surface area contributed by atoms with Gasteiger partial charge in [-0.15, -0.1) is 11.3 Å². The van der Waals surface area contributed by atoms with Gasteiger partial charge in [-0.25, -0.2) is 4.98 Å². The lowest BCUT2D eigenvalue weighted by Gasteiger charge is -2.13. The van der Waals surface area contributed by atoms with Crippen molar-refractivity contribution in [1.82, 2.24) is 4.98 Å². The number of thiazole rings is 1. The van der Waals surface area contributed by atoms with E-state index in [1.54, 1.807) is 24.6 Å². The first-order chi connectivity index (χ1) is 13.8. The van der Waals surface area contributed by atoms with Crippen LogP contribution >= 0.6 is 22.9 Å². The van der Waals surface area contributed by atoms with Gasteiger partial charge < -0.3 is 10.1 Å².